The van der Waals surface area contributed by atoms with Crippen molar-refractivity contribution in [3.63, 3.8) is 0 Å². The summed E-state index contributed by atoms with van der Waals surface area (Å²) in [4.78, 5) is 38.7. The van der Waals surface area contributed by atoms with Crippen molar-refractivity contribution in [3.05, 3.63) is 35.9 Å². The summed E-state index contributed by atoms with van der Waals surface area (Å²) in [5, 5.41) is 2.74. The maximum atomic E-state index is 12.4. The van der Waals surface area contributed by atoms with Crippen molar-refractivity contribution in [1.82, 2.24) is 10.2 Å². The zero-order valence-electron chi connectivity index (χ0n) is 16.3. The average Bonchev–Trinajstić information content (AvgIpc) is 2.94. The molecule has 6 heteroatoms. The molecule has 1 saturated heterocycles. The van der Waals surface area contributed by atoms with Crippen molar-refractivity contribution in [2.24, 2.45) is 5.92 Å². The Kier molecular flexibility index (Phi) is 8.30. The molecule has 0 aliphatic carbocycles. The monoisotopic (exact) mass is 374 g/mol. The summed E-state index contributed by atoms with van der Waals surface area (Å²) in [6, 6.07) is 8.58. The van der Waals surface area contributed by atoms with Gasteiger partial charge in [0.25, 0.3) is 5.91 Å². The first-order valence-electron chi connectivity index (χ1n) is 9.75. The van der Waals surface area contributed by atoms with Gasteiger partial charge >= 0.3 is 5.97 Å². The van der Waals surface area contributed by atoms with Gasteiger partial charge in [-0.15, -0.1) is 0 Å². The normalized spacial score (nSPS) is 15.7. The molecular weight excluding hydrogens is 344 g/mol. The number of hydrogen-bond donors (Lipinski definition) is 1. The van der Waals surface area contributed by atoms with Gasteiger partial charge in [-0.1, -0.05) is 57.0 Å². The lowest BCUT2D eigenvalue weighted by molar-refractivity contribution is -0.155. The van der Waals surface area contributed by atoms with Crippen molar-refractivity contribution in [3.8, 4) is 0 Å². The lowest BCUT2D eigenvalue weighted by Gasteiger charge is -2.23. The van der Waals surface area contributed by atoms with Crippen LogP contribution in [0, 0.1) is 5.92 Å². The molecule has 2 amide bonds. The first-order valence-corrected chi connectivity index (χ1v) is 9.75. The fourth-order valence-electron chi connectivity index (χ4n) is 3.14. The number of carbonyl (C=O) groups is 3. The van der Waals surface area contributed by atoms with Crippen LogP contribution in [0.4, 0.5) is 0 Å². The minimum Gasteiger partial charge on any atom is -0.454 e. The number of benzene rings is 1. The predicted octanol–water partition coefficient (Wildman–Crippen LogP) is 2.32. The van der Waals surface area contributed by atoms with Crippen LogP contribution in [0.25, 0.3) is 0 Å². The number of rotatable bonds is 7. The Balaban J connectivity index is 1.84. The summed E-state index contributed by atoms with van der Waals surface area (Å²) < 4.78 is 5.23. The molecule has 6 nitrogen and oxygen atoms in total. The average molecular weight is 374 g/mol. The third-order valence-electron chi connectivity index (χ3n) is 4.74. The Hall–Kier alpha value is -2.37. The summed E-state index contributed by atoms with van der Waals surface area (Å²) in [5.41, 5.74) is 0.877. The number of hydrogen-bond acceptors (Lipinski definition) is 4. The molecule has 0 bridgehead atoms. The SMILES string of the molecule is CC(C)C(NC(=O)Cc1ccccc1)C(=O)OCC(=O)N1CCCCCC1. The number of nitrogens with zero attached hydrogens (tertiary/aromatic N) is 1. The minimum atomic E-state index is -0.766. The van der Waals surface area contributed by atoms with E-state index < -0.39 is 12.0 Å². The maximum Gasteiger partial charge on any atom is 0.329 e. The van der Waals surface area contributed by atoms with E-state index in [2.05, 4.69) is 5.32 Å². The summed E-state index contributed by atoms with van der Waals surface area (Å²) in [6.07, 6.45) is 4.44. The highest BCUT2D eigenvalue weighted by atomic mass is 16.5. The first-order chi connectivity index (χ1) is 13.0. The van der Waals surface area contributed by atoms with E-state index in [1.54, 1.807) is 4.90 Å². The lowest BCUT2D eigenvalue weighted by Crippen LogP contribution is -2.47. The van der Waals surface area contributed by atoms with E-state index in [1.807, 2.05) is 44.2 Å². The minimum absolute atomic E-state index is 0.134. The van der Waals surface area contributed by atoms with Crippen LogP contribution in [0.15, 0.2) is 30.3 Å². The zero-order chi connectivity index (χ0) is 19.6. The van der Waals surface area contributed by atoms with Gasteiger partial charge in [0.1, 0.15) is 6.04 Å². The molecule has 1 fully saturated rings. The molecule has 0 spiro atoms. The number of amides is 2. The predicted molar refractivity (Wildman–Crippen MR) is 103 cm³/mol. The van der Waals surface area contributed by atoms with Crippen LogP contribution in [-0.2, 0) is 25.5 Å². The van der Waals surface area contributed by atoms with Gasteiger partial charge in [0.15, 0.2) is 6.61 Å². The molecule has 1 atom stereocenters. The Morgan fingerprint density at radius 1 is 1.04 bits per heavy atom. The summed E-state index contributed by atoms with van der Waals surface area (Å²) in [6.45, 7) is 4.85. The fourth-order valence-corrected chi connectivity index (χ4v) is 3.14. The highest BCUT2D eigenvalue weighted by molar-refractivity contribution is 5.87. The van der Waals surface area contributed by atoms with E-state index in [-0.39, 0.29) is 30.8 Å². The largest absolute Gasteiger partial charge is 0.454 e. The second kappa shape index (κ2) is 10.7. The van der Waals surface area contributed by atoms with Crippen LogP contribution in [0.1, 0.15) is 45.1 Å². The molecule has 1 N–H and O–H groups in total. The molecule has 1 heterocycles. The van der Waals surface area contributed by atoms with E-state index in [9.17, 15) is 14.4 Å². The summed E-state index contributed by atoms with van der Waals surface area (Å²) in [5.74, 6) is -1.10. The highest BCUT2D eigenvalue weighted by Crippen LogP contribution is 2.11. The van der Waals surface area contributed by atoms with Crippen LogP contribution in [0.2, 0.25) is 0 Å². The molecule has 27 heavy (non-hydrogen) atoms. The quantitative estimate of drug-likeness (QED) is 0.743. The van der Waals surface area contributed by atoms with Crippen molar-refractivity contribution < 1.29 is 19.1 Å². The van der Waals surface area contributed by atoms with Gasteiger partial charge in [-0.2, -0.15) is 0 Å². The Morgan fingerprint density at radius 2 is 1.67 bits per heavy atom. The Labute approximate surface area is 161 Å². The van der Waals surface area contributed by atoms with Gasteiger partial charge < -0.3 is 15.0 Å². The van der Waals surface area contributed by atoms with Crippen LogP contribution in [0.5, 0.6) is 0 Å². The van der Waals surface area contributed by atoms with Crippen molar-refractivity contribution in [2.75, 3.05) is 19.7 Å². The molecule has 0 saturated carbocycles. The fraction of sp³-hybridized carbons (Fsp3) is 0.571. The van der Waals surface area contributed by atoms with Crippen LogP contribution in [0.3, 0.4) is 0 Å². The number of carbonyl (C=O) groups excluding carboxylic acids is 3. The van der Waals surface area contributed by atoms with Crippen molar-refractivity contribution >= 4 is 17.8 Å². The Morgan fingerprint density at radius 3 is 2.26 bits per heavy atom. The van der Waals surface area contributed by atoms with Crippen LogP contribution < -0.4 is 5.32 Å². The van der Waals surface area contributed by atoms with E-state index in [1.165, 1.54) is 0 Å². The molecule has 2 rings (SSSR count). The molecule has 1 aromatic rings. The first kappa shape index (κ1) is 20.9. The lowest BCUT2D eigenvalue weighted by atomic mass is 10.0. The van der Waals surface area contributed by atoms with E-state index in [0.717, 1.165) is 44.3 Å². The number of nitrogens with one attached hydrogen (secondary N) is 1. The molecule has 0 aromatic heterocycles. The standard InChI is InChI=1S/C21H30N2O4/c1-16(2)20(22-18(24)14-17-10-6-5-7-11-17)21(26)27-15-19(25)23-12-8-3-4-9-13-23/h5-7,10-11,16,20H,3-4,8-9,12-15H2,1-2H3,(H,22,24). The van der Waals surface area contributed by atoms with Crippen LogP contribution >= 0.6 is 0 Å². The van der Waals surface area contributed by atoms with E-state index in [4.69, 9.17) is 4.74 Å². The summed E-state index contributed by atoms with van der Waals surface area (Å²) in [7, 11) is 0. The van der Waals surface area contributed by atoms with Crippen molar-refractivity contribution in [1.29, 1.82) is 0 Å². The number of esters is 1. The highest BCUT2D eigenvalue weighted by Gasteiger charge is 2.27. The number of likely N-dealkylation sites (tertiary alicyclic amines) is 1. The second-order valence-corrected chi connectivity index (χ2v) is 7.35. The van der Waals surface area contributed by atoms with Gasteiger partial charge in [0, 0.05) is 13.1 Å². The molecule has 1 unspecified atom stereocenters. The van der Waals surface area contributed by atoms with Gasteiger partial charge in [0.2, 0.25) is 5.91 Å². The van der Waals surface area contributed by atoms with Gasteiger partial charge in [-0.05, 0) is 24.3 Å². The topological polar surface area (TPSA) is 75.7 Å². The molecular formula is C21H30N2O4. The third kappa shape index (κ3) is 7.04. The van der Waals surface area contributed by atoms with Gasteiger partial charge in [-0.3, -0.25) is 9.59 Å². The second-order valence-electron chi connectivity index (χ2n) is 7.35. The van der Waals surface area contributed by atoms with Gasteiger partial charge in [-0.25, -0.2) is 4.79 Å². The zero-order valence-corrected chi connectivity index (χ0v) is 16.3. The van der Waals surface area contributed by atoms with Crippen LogP contribution in [-0.4, -0.2) is 48.4 Å². The van der Waals surface area contributed by atoms with Crippen molar-refractivity contribution in [2.45, 2.75) is 52.0 Å². The smallest absolute Gasteiger partial charge is 0.329 e. The summed E-state index contributed by atoms with van der Waals surface area (Å²) >= 11 is 0. The Bertz CT molecular complexity index is 622. The molecule has 148 valence electrons. The molecule has 0 radical (unpaired) electrons. The van der Waals surface area contributed by atoms with Gasteiger partial charge in [0.05, 0.1) is 6.42 Å². The molecule has 1 aliphatic heterocycles. The molecule has 1 aliphatic rings. The number of ether oxygens (including phenoxy) is 1. The van der Waals surface area contributed by atoms with E-state index >= 15 is 0 Å². The molecule has 1 aromatic carbocycles. The van der Waals surface area contributed by atoms with E-state index in [0.29, 0.717) is 0 Å². The maximum absolute atomic E-state index is 12.4. The third-order valence-corrected chi connectivity index (χ3v) is 4.74.